The number of nitrogens with zero attached hydrogens (tertiary/aromatic N) is 6. The van der Waals surface area contributed by atoms with Gasteiger partial charge in [-0.1, -0.05) is 47.3 Å². The zero-order chi connectivity index (χ0) is 22.2. The molecule has 2 aromatic carbocycles. The maximum atomic E-state index is 13.9. The highest BCUT2D eigenvalue weighted by molar-refractivity contribution is 7.98. The molecule has 0 aliphatic carbocycles. The first-order chi connectivity index (χ1) is 15.6. The van der Waals surface area contributed by atoms with Gasteiger partial charge in [0, 0.05) is 12.1 Å². The standard InChI is InChI=1S/C22H17FN6O2S/c1-3-10-28-20(30)15-6-4-5-7-17(15)29-21(28)25-26-22(29)32-12-18-24-19(27-31-18)14-9-8-13(2)16(23)11-14/h3-9,11H,1,10,12H2,2H3. The molecule has 32 heavy (non-hydrogen) atoms. The van der Waals surface area contributed by atoms with Gasteiger partial charge in [-0.2, -0.15) is 4.98 Å². The molecule has 0 saturated carbocycles. The van der Waals surface area contributed by atoms with Crippen molar-refractivity contribution >= 4 is 28.4 Å². The van der Waals surface area contributed by atoms with E-state index in [1.165, 1.54) is 22.4 Å². The number of thioether (sulfide) groups is 1. The Bertz CT molecular complexity index is 1540. The summed E-state index contributed by atoms with van der Waals surface area (Å²) >= 11 is 1.35. The summed E-state index contributed by atoms with van der Waals surface area (Å²) in [7, 11) is 0. The fourth-order valence-corrected chi connectivity index (χ4v) is 4.19. The van der Waals surface area contributed by atoms with E-state index in [2.05, 4.69) is 26.9 Å². The van der Waals surface area contributed by atoms with Crippen molar-refractivity contribution in [2.75, 3.05) is 0 Å². The molecule has 10 heteroatoms. The Morgan fingerprint density at radius 2 is 2.06 bits per heavy atom. The molecule has 0 bridgehead atoms. The Kier molecular flexibility index (Phi) is 5.06. The molecule has 3 heterocycles. The topological polar surface area (TPSA) is 91.1 Å². The number of hydrogen-bond acceptors (Lipinski definition) is 7. The SMILES string of the molecule is C=CCn1c(=O)c2ccccc2n2c(SCc3nc(-c4ccc(C)c(F)c4)no3)nnc12. The molecule has 0 saturated heterocycles. The number of para-hydroxylation sites is 1. The molecule has 0 aliphatic rings. The van der Waals surface area contributed by atoms with Crippen LogP contribution in [0.25, 0.3) is 28.1 Å². The highest BCUT2D eigenvalue weighted by Gasteiger charge is 2.17. The number of aryl methyl sites for hydroxylation is 1. The van der Waals surface area contributed by atoms with Gasteiger partial charge < -0.3 is 4.52 Å². The number of halogens is 1. The van der Waals surface area contributed by atoms with E-state index in [4.69, 9.17) is 4.52 Å². The van der Waals surface area contributed by atoms with Gasteiger partial charge in [0.15, 0.2) is 5.16 Å². The summed E-state index contributed by atoms with van der Waals surface area (Å²) < 4.78 is 22.6. The van der Waals surface area contributed by atoms with Crippen molar-refractivity contribution in [1.29, 1.82) is 0 Å². The number of hydrogen-bond donors (Lipinski definition) is 0. The Morgan fingerprint density at radius 3 is 2.88 bits per heavy atom. The van der Waals surface area contributed by atoms with Crippen LogP contribution in [0.1, 0.15) is 11.5 Å². The van der Waals surface area contributed by atoms with Crippen molar-refractivity contribution in [3.05, 3.63) is 82.7 Å². The van der Waals surface area contributed by atoms with Crippen molar-refractivity contribution in [1.82, 2.24) is 29.3 Å². The van der Waals surface area contributed by atoms with Gasteiger partial charge in [-0.05, 0) is 30.7 Å². The fraction of sp³-hybridized carbons (Fsp3) is 0.136. The lowest BCUT2D eigenvalue weighted by molar-refractivity contribution is 0.391. The van der Waals surface area contributed by atoms with Gasteiger partial charge >= 0.3 is 0 Å². The minimum atomic E-state index is -0.324. The van der Waals surface area contributed by atoms with E-state index in [0.29, 0.717) is 57.0 Å². The minimum Gasteiger partial charge on any atom is -0.338 e. The fourth-order valence-electron chi connectivity index (χ4n) is 3.41. The van der Waals surface area contributed by atoms with Crippen molar-refractivity contribution in [2.45, 2.75) is 24.4 Å². The van der Waals surface area contributed by atoms with Crippen molar-refractivity contribution in [3.63, 3.8) is 0 Å². The van der Waals surface area contributed by atoms with Crippen LogP contribution in [0.3, 0.4) is 0 Å². The van der Waals surface area contributed by atoms with Crippen LogP contribution in [0.5, 0.6) is 0 Å². The number of aromatic nitrogens is 6. The summed E-state index contributed by atoms with van der Waals surface area (Å²) in [5, 5.41) is 13.6. The van der Waals surface area contributed by atoms with Crippen molar-refractivity contribution < 1.29 is 8.91 Å². The van der Waals surface area contributed by atoms with Gasteiger partial charge in [-0.15, -0.1) is 16.8 Å². The normalized spacial score (nSPS) is 11.4. The Hall–Kier alpha value is -3.79. The van der Waals surface area contributed by atoms with Crippen LogP contribution >= 0.6 is 11.8 Å². The summed E-state index contributed by atoms with van der Waals surface area (Å²) in [6.07, 6.45) is 1.64. The molecule has 0 aliphatic heterocycles. The van der Waals surface area contributed by atoms with Crippen LogP contribution in [0.2, 0.25) is 0 Å². The van der Waals surface area contributed by atoms with E-state index in [9.17, 15) is 9.18 Å². The van der Waals surface area contributed by atoms with Crippen LogP contribution in [0, 0.1) is 12.7 Å². The van der Waals surface area contributed by atoms with Crippen LogP contribution in [0.15, 0.2) is 69.6 Å². The Balaban J connectivity index is 1.49. The lowest BCUT2D eigenvalue weighted by Crippen LogP contribution is -2.22. The molecule has 8 nitrogen and oxygen atoms in total. The molecule has 0 N–H and O–H groups in total. The first-order valence-corrected chi connectivity index (χ1v) is 10.7. The molecular weight excluding hydrogens is 431 g/mol. The van der Waals surface area contributed by atoms with Gasteiger partial charge in [0.2, 0.25) is 17.5 Å². The zero-order valence-electron chi connectivity index (χ0n) is 17.0. The third kappa shape index (κ3) is 3.38. The van der Waals surface area contributed by atoms with Gasteiger partial charge in [0.1, 0.15) is 5.82 Å². The van der Waals surface area contributed by atoms with E-state index < -0.39 is 0 Å². The molecule has 5 rings (SSSR count). The second kappa shape index (κ2) is 8.04. The van der Waals surface area contributed by atoms with E-state index >= 15 is 0 Å². The largest absolute Gasteiger partial charge is 0.338 e. The smallest absolute Gasteiger partial charge is 0.263 e. The third-order valence-corrected chi connectivity index (χ3v) is 5.93. The molecule has 0 fully saturated rings. The van der Waals surface area contributed by atoms with Crippen molar-refractivity contribution in [2.24, 2.45) is 0 Å². The van der Waals surface area contributed by atoms with Gasteiger partial charge in [-0.25, -0.2) is 4.39 Å². The average molecular weight is 448 g/mol. The van der Waals surface area contributed by atoms with Crippen LogP contribution in [-0.2, 0) is 12.3 Å². The van der Waals surface area contributed by atoms with Crippen LogP contribution in [-0.4, -0.2) is 29.3 Å². The monoisotopic (exact) mass is 448 g/mol. The minimum absolute atomic E-state index is 0.149. The molecule has 0 unspecified atom stereocenters. The molecule has 0 spiro atoms. The van der Waals surface area contributed by atoms with Crippen LogP contribution < -0.4 is 5.56 Å². The second-order valence-corrected chi connectivity index (χ2v) is 8.05. The highest BCUT2D eigenvalue weighted by atomic mass is 32.2. The highest BCUT2D eigenvalue weighted by Crippen LogP contribution is 2.26. The Labute approximate surface area is 185 Å². The Morgan fingerprint density at radius 1 is 1.22 bits per heavy atom. The summed E-state index contributed by atoms with van der Waals surface area (Å²) in [6.45, 7) is 5.74. The van der Waals surface area contributed by atoms with Gasteiger partial charge in [-0.3, -0.25) is 13.8 Å². The summed E-state index contributed by atoms with van der Waals surface area (Å²) in [6, 6.07) is 12.1. The number of benzene rings is 2. The van der Waals surface area contributed by atoms with Gasteiger partial charge in [0.05, 0.1) is 16.7 Å². The summed E-state index contributed by atoms with van der Waals surface area (Å²) in [5.74, 6) is 1.12. The number of allylic oxidation sites excluding steroid dienone is 1. The molecule has 5 aromatic rings. The molecule has 0 radical (unpaired) electrons. The molecule has 0 amide bonds. The molecule has 0 atom stereocenters. The van der Waals surface area contributed by atoms with E-state index in [0.717, 1.165) is 0 Å². The van der Waals surface area contributed by atoms with E-state index in [-0.39, 0.29) is 11.4 Å². The van der Waals surface area contributed by atoms with E-state index in [1.54, 1.807) is 31.2 Å². The predicted molar refractivity (Wildman–Crippen MR) is 119 cm³/mol. The van der Waals surface area contributed by atoms with Crippen molar-refractivity contribution in [3.8, 4) is 11.4 Å². The predicted octanol–water partition coefficient (Wildman–Crippen LogP) is 4.02. The zero-order valence-corrected chi connectivity index (χ0v) is 17.8. The maximum Gasteiger partial charge on any atom is 0.263 e. The lowest BCUT2D eigenvalue weighted by Gasteiger charge is -2.09. The second-order valence-electron chi connectivity index (χ2n) is 7.10. The number of fused-ring (bicyclic) bond motifs is 3. The summed E-state index contributed by atoms with van der Waals surface area (Å²) in [5.41, 5.74) is 1.65. The summed E-state index contributed by atoms with van der Waals surface area (Å²) in [4.78, 5) is 17.2. The molecule has 3 aromatic heterocycles. The first kappa shape index (κ1) is 20.1. The number of rotatable bonds is 6. The molecular formula is C22H17FN6O2S. The first-order valence-electron chi connectivity index (χ1n) is 9.76. The maximum absolute atomic E-state index is 13.9. The molecule has 160 valence electrons. The van der Waals surface area contributed by atoms with Gasteiger partial charge in [0.25, 0.3) is 5.56 Å². The average Bonchev–Trinajstić information content (AvgIpc) is 3.44. The quantitative estimate of drug-likeness (QED) is 0.286. The van der Waals surface area contributed by atoms with E-state index in [1.807, 2.05) is 22.6 Å². The van der Waals surface area contributed by atoms with Crippen LogP contribution in [0.4, 0.5) is 4.39 Å². The lowest BCUT2D eigenvalue weighted by atomic mass is 10.1. The third-order valence-electron chi connectivity index (χ3n) is 5.01.